The van der Waals surface area contributed by atoms with E-state index in [0.29, 0.717) is 55.1 Å². The molecule has 2 aromatic carbocycles. The maximum absolute atomic E-state index is 13.9. The number of carbonyl (C=O) groups is 3. The molecule has 1 N–H and O–H groups in total. The Morgan fingerprint density at radius 1 is 0.875 bits per heavy atom. The van der Waals surface area contributed by atoms with E-state index >= 15 is 0 Å². The molecule has 2 aliphatic heterocycles. The first kappa shape index (κ1) is 27.1. The Balaban J connectivity index is 1.35. The van der Waals surface area contributed by atoms with Crippen LogP contribution in [0.25, 0.3) is 0 Å². The van der Waals surface area contributed by atoms with Gasteiger partial charge in [0.1, 0.15) is 23.3 Å². The number of carbonyl (C=O) groups excluding carboxylic acids is 3. The molecule has 2 fully saturated rings. The largest absolute Gasteiger partial charge is 0.497 e. The molecule has 208 valence electrons. The van der Waals surface area contributed by atoms with Crippen molar-refractivity contribution < 1.29 is 28.6 Å². The molecule has 0 radical (unpaired) electrons. The Hall–Kier alpha value is -4.44. The number of piperidine rings is 1. The van der Waals surface area contributed by atoms with Crippen molar-refractivity contribution in [2.45, 2.75) is 31.2 Å². The molecule has 1 aromatic heterocycles. The van der Waals surface area contributed by atoms with Gasteiger partial charge in [-0.3, -0.25) is 24.3 Å². The van der Waals surface area contributed by atoms with Crippen molar-refractivity contribution in [1.82, 2.24) is 20.1 Å². The molecular weight excluding hydrogens is 512 g/mol. The fourth-order valence-corrected chi connectivity index (χ4v) is 5.22. The van der Waals surface area contributed by atoms with Crippen LogP contribution >= 0.6 is 0 Å². The van der Waals surface area contributed by atoms with Crippen molar-refractivity contribution in [2.75, 3.05) is 33.9 Å². The lowest BCUT2D eigenvalue weighted by molar-refractivity contribution is -0.128. The van der Waals surface area contributed by atoms with Crippen LogP contribution in [0.15, 0.2) is 73.1 Å². The highest BCUT2D eigenvalue weighted by atomic mass is 16.5. The number of rotatable bonds is 7. The van der Waals surface area contributed by atoms with Gasteiger partial charge in [0.25, 0.3) is 11.8 Å². The number of ether oxygens (including phenoxy) is 3. The summed E-state index contributed by atoms with van der Waals surface area (Å²) in [5, 5.41) is 2.94. The minimum atomic E-state index is -1.01. The molecule has 5 rings (SSSR count). The summed E-state index contributed by atoms with van der Waals surface area (Å²) in [5.74, 6) is 0.594. The maximum Gasteiger partial charge on any atom is 0.256 e. The van der Waals surface area contributed by atoms with Gasteiger partial charge < -0.3 is 24.4 Å². The number of methoxy groups -OCH3 is 2. The summed E-state index contributed by atoms with van der Waals surface area (Å²) in [5.41, 5.74) is 0.875. The molecule has 1 unspecified atom stereocenters. The second kappa shape index (κ2) is 11.7. The van der Waals surface area contributed by atoms with E-state index in [1.165, 1.54) is 0 Å². The Morgan fingerprint density at radius 2 is 1.43 bits per heavy atom. The Bertz CT molecular complexity index is 1340. The van der Waals surface area contributed by atoms with Gasteiger partial charge >= 0.3 is 0 Å². The molecule has 3 heterocycles. The molecule has 0 aliphatic carbocycles. The van der Waals surface area contributed by atoms with E-state index in [1.807, 2.05) is 12.1 Å². The normalized spacial score (nSPS) is 17.9. The van der Waals surface area contributed by atoms with Gasteiger partial charge in [0, 0.05) is 56.0 Å². The van der Waals surface area contributed by atoms with E-state index in [9.17, 15) is 14.4 Å². The number of likely N-dealkylation sites (tertiary alicyclic amines) is 1. The molecule has 3 amide bonds. The van der Waals surface area contributed by atoms with Crippen LogP contribution in [-0.2, 0) is 16.1 Å². The zero-order chi connectivity index (χ0) is 28.1. The van der Waals surface area contributed by atoms with E-state index in [2.05, 4.69) is 10.3 Å². The molecule has 0 saturated carbocycles. The molecule has 1 atom stereocenters. The molecule has 0 bridgehead atoms. The third-order valence-electron chi connectivity index (χ3n) is 7.50. The average Bonchev–Trinajstić information content (AvgIpc) is 3.38. The summed E-state index contributed by atoms with van der Waals surface area (Å²) >= 11 is 0. The Kier molecular flexibility index (Phi) is 7.97. The van der Waals surface area contributed by atoms with Crippen molar-refractivity contribution in [3.8, 4) is 11.5 Å². The number of pyridine rings is 1. The molecular formula is C30H32N4O6. The van der Waals surface area contributed by atoms with Crippen LogP contribution in [0.2, 0.25) is 0 Å². The fraction of sp³-hybridized carbons (Fsp3) is 0.333. The average molecular weight is 545 g/mol. The number of amides is 3. The number of benzene rings is 2. The van der Waals surface area contributed by atoms with Gasteiger partial charge in [-0.1, -0.05) is 0 Å². The minimum Gasteiger partial charge on any atom is -0.497 e. The fourth-order valence-electron chi connectivity index (χ4n) is 5.22. The number of hydrogen-bond acceptors (Lipinski definition) is 7. The lowest BCUT2D eigenvalue weighted by Gasteiger charge is -2.44. The first-order chi connectivity index (χ1) is 19.4. The Labute approximate surface area is 232 Å². The number of nitrogens with one attached hydrogen (secondary N) is 1. The van der Waals surface area contributed by atoms with Crippen LogP contribution in [0.1, 0.15) is 39.1 Å². The highest BCUT2D eigenvalue weighted by molar-refractivity contribution is 5.99. The molecule has 3 aromatic rings. The third-order valence-corrected chi connectivity index (χ3v) is 7.50. The lowest BCUT2D eigenvalue weighted by Crippen LogP contribution is -2.59. The summed E-state index contributed by atoms with van der Waals surface area (Å²) in [6, 6.07) is 16.6. The van der Waals surface area contributed by atoms with Gasteiger partial charge in [0.2, 0.25) is 5.91 Å². The standard InChI is InChI=1S/C30H32N4O6/c1-38-24-7-3-22(4-8-24)28(36)33-17-13-30(14-18-33)34(29(37)23-5-9-25(39-2)10-6-23)26(20-40-30)27(35)32-19-21-11-15-31-16-12-21/h3-12,15-16,26H,13-14,17-20H2,1-2H3,(H,32,35). The monoisotopic (exact) mass is 544 g/mol. The van der Waals surface area contributed by atoms with Crippen molar-refractivity contribution in [2.24, 2.45) is 0 Å². The highest BCUT2D eigenvalue weighted by Crippen LogP contribution is 2.39. The summed E-state index contributed by atoms with van der Waals surface area (Å²) in [6.07, 6.45) is 4.08. The quantitative estimate of drug-likeness (QED) is 0.487. The number of aromatic nitrogens is 1. The zero-order valence-corrected chi connectivity index (χ0v) is 22.5. The van der Waals surface area contributed by atoms with Crippen molar-refractivity contribution in [1.29, 1.82) is 0 Å². The summed E-state index contributed by atoms with van der Waals surface area (Å²) in [7, 11) is 3.14. The SMILES string of the molecule is COc1ccc(C(=O)N2CCC3(CC2)OCC(C(=O)NCc2ccncc2)N3C(=O)c2ccc(OC)cc2)cc1. The van der Waals surface area contributed by atoms with Crippen LogP contribution in [0, 0.1) is 0 Å². The van der Waals surface area contributed by atoms with Gasteiger partial charge in [0.05, 0.1) is 20.8 Å². The highest BCUT2D eigenvalue weighted by Gasteiger charge is 2.54. The molecule has 2 saturated heterocycles. The molecule has 1 spiro atoms. The van der Waals surface area contributed by atoms with E-state index in [0.717, 1.165) is 5.56 Å². The van der Waals surface area contributed by atoms with Crippen molar-refractivity contribution >= 4 is 17.7 Å². The molecule has 10 heteroatoms. The van der Waals surface area contributed by atoms with E-state index in [4.69, 9.17) is 14.2 Å². The van der Waals surface area contributed by atoms with Crippen LogP contribution in [-0.4, -0.2) is 78.2 Å². The van der Waals surface area contributed by atoms with Crippen LogP contribution in [0.5, 0.6) is 11.5 Å². The summed E-state index contributed by atoms with van der Waals surface area (Å²) in [4.78, 5) is 47.8. The molecule has 10 nitrogen and oxygen atoms in total. The lowest BCUT2D eigenvalue weighted by atomic mass is 9.96. The predicted molar refractivity (Wildman–Crippen MR) is 146 cm³/mol. The zero-order valence-electron chi connectivity index (χ0n) is 22.5. The minimum absolute atomic E-state index is 0.0660. The molecule has 2 aliphatic rings. The topological polar surface area (TPSA) is 110 Å². The van der Waals surface area contributed by atoms with Crippen LogP contribution in [0.3, 0.4) is 0 Å². The predicted octanol–water partition coefficient (Wildman–Crippen LogP) is 2.89. The van der Waals surface area contributed by atoms with Crippen LogP contribution < -0.4 is 14.8 Å². The second-order valence-electron chi connectivity index (χ2n) is 9.77. The number of hydrogen-bond donors (Lipinski definition) is 1. The van der Waals surface area contributed by atoms with Gasteiger partial charge in [-0.25, -0.2) is 0 Å². The van der Waals surface area contributed by atoms with Gasteiger partial charge in [-0.2, -0.15) is 0 Å². The summed E-state index contributed by atoms with van der Waals surface area (Å²) < 4.78 is 16.7. The van der Waals surface area contributed by atoms with Crippen LogP contribution in [0.4, 0.5) is 0 Å². The summed E-state index contributed by atoms with van der Waals surface area (Å²) in [6.45, 7) is 1.13. The molecule has 40 heavy (non-hydrogen) atoms. The smallest absolute Gasteiger partial charge is 0.256 e. The Morgan fingerprint density at radius 3 is 1.98 bits per heavy atom. The van der Waals surface area contributed by atoms with E-state index in [1.54, 1.807) is 84.9 Å². The first-order valence-corrected chi connectivity index (χ1v) is 13.2. The van der Waals surface area contributed by atoms with Gasteiger partial charge in [-0.15, -0.1) is 0 Å². The first-order valence-electron chi connectivity index (χ1n) is 13.2. The van der Waals surface area contributed by atoms with E-state index < -0.39 is 11.8 Å². The third kappa shape index (κ3) is 5.48. The maximum atomic E-state index is 13.9. The van der Waals surface area contributed by atoms with Gasteiger partial charge in [-0.05, 0) is 66.2 Å². The van der Waals surface area contributed by atoms with E-state index in [-0.39, 0.29) is 24.3 Å². The number of nitrogens with zero attached hydrogens (tertiary/aromatic N) is 3. The van der Waals surface area contributed by atoms with Crippen molar-refractivity contribution in [3.63, 3.8) is 0 Å². The van der Waals surface area contributed by atoms with Gasteiger partial charge in [0.15, 0.2) is 0 Å². The second-order valence-corrected chi connectivity index (χ2v) is 9.77. The van der Waals surface area contributed by atoms with Crippen molar-refractivity contribution in [3.05, 3.63) is 89.7 Å².